The number of halogens is 1. The number of thioether (sulfide) groups is 1. The third-order valence-corrected chi connectivity index (χ3v) is 6.93. The SMILES string of the molecule is Cc1ccccc1-c1noc(CN2CCC(C(=O)NCCSCc3ccc(F)cc3)CC2)n1. The Labute approximate surface area is 197 Å². The number of hydrogen-bond acceptors (Lipinski definition) is 6. The minimum absolute atomic E-state index is 0.0496. The first-order valence-corrected chi connectivity index (χ1v) is 12.4. The van der Waals surface area contributed by atoms with Crippen molar-refractivity contribution in [3.63, 3.8) is 0 Å². The van der Waals surface area contributed by atoms with Crippen molar-refractivity contribution in [2.24, 2.45) is 5.92 Å². The molecular formula is C25H29FN4O2S. The van der Waals surface area contributed by atoms with E-state index in [0.717, 1.165) is 54.1 Å². The lowest BCUT2D eigenvalue weighted by Gasteiger charge is -2.30. The Morgan fingerprint density at radius 1 is 1.18 bits per heavy atom. The van der Waals surface area contributed by atoms with Crippen LogP contribution in [0.1, 0.15) is 29.9 Å². The molecule has 0 radical (unpaired) electrons. The summed E-state index contributed by atoms with van der Waals surface area (Å²) in [6, 6.07) is 14.5. The minimum atomic E-state index is -0.217. The van der Waals surface area contributed by atoms with Crippen molar-refractivity contribution < 1.29 is 13.7 Å². The van der Waals surface area contributed by atoms with Crippen molar-refractivity contribution in [2.75, 3.05) is 25.4 Å². The Bertz CT molecular complexity index is 1050. The fraction of sp³-hybridized carbons (Fsp3) is 0.400. The molecule has 1 amide bonds. The Hall–Kier alpha value is -2.71. The zero-order chi connectivity index (χ0) is 23.0. The summed E-state index contributed by atoms with van der Waals surface area (Å²) in [4.78, 5) is 19.3. The van der Waals surface area contributed by atoms with E-state index in [-0.39, 0.29) is 17.6 Å². The molecule has 2 aromatic carbocycles. The zero-order valence-electron chi connectivity index (χ0n) is 18.8. The van der Waals surface area contributed by atoms with Gasteiger partial charge in [-0.2, -0.15) is 16.7 Å². The second kappa shape index (κ2) is 11.4. The molecule has 0 saturated carbocycles. The number of carbonyl (C=O) groups is 1. The average Bonchev–Trinajstić information content (AvgIpc) is 3.29. The highest BCUT2D eigenvalue weighted by atomic mass is 32.2. The van der Waals surface area contributed by atoms with Crippen LogP contribution in [0.15, 0.2) is 53.1 Å². The predicted octanol–water partition coefficient (Wildman–Crippen LogP) is 4.45. The number of benzene rings is 2. The van der Waals surface area contributed by atoms with Crippen molar-refractivity contribution in [2.45, 2.75) is 32.1 Å². The second-order valence-electron chi connectivity index (χ2n) is 8.35. The van der Waals surface area contributed by atoms with Crippen LogP contribution in [0.25, 0.3) is 11.4 Å². The van der Waals surface area contributed by atoms with Gasteiger partial charge < -0.3 is 9.84 Å². The lowest BCUT2D eigenvalue weighted by atomic mass is 9.96. The molecule has 4 rings (SSSR count). The van der Waals surface area contributed by atoms with Gasteiger partial charge in [-0.05, 0) is 56.1 Å². The molecule has 1 fully saturated rings. The maximum atomic E-state index is 12.9. The molecule has 0 aliphatic carbocycles. The highest BCUT2D eigenvalue weighted by molar-refractivity contribution is 7.98. The maximum absolute atomic E-state index is 12.9. The molecule has 33 heavy (non-hydrogen) atoms. The number of rotatable bonds is 9. The third-order valence-electron chi connectivity index (χ3n) is 5.90. The highest BCUT2D eigenvalue weighted by Gasteiger charge is 2.25. The molecule has 2 heterocycles. The van der Waals surface area contributed by atoms with Gasteiger partial charge in [0, 0.05) is 29.5 Å². The summed E-state index contributed by atoms with van der Waals surface area (Å²) >= 11 is 1.73. The van der Waals surface area contributed by atoms with Crippen LogP contribution in [0, 0.1) is 18.7 Å². The maximum Gasteiger partial charge on any atom is 0.241 e. The topological polar surface area (TPSA) is 71.3 Å². The Morgan fingerprint density at radius 2 is 1.94 bits per heavy atom. The average molecular weight is 469 g/mol. The van der Waals surface area contributed by atoms with E-state index in [9.17, 15) is 9.18 Å². The van der Waals surface area contributed by atoms with E-state index in [2.05, 4.69) is 20.4 Å². The molecule has 1 N–H and O–H groups in total. The van der Waals surface area contributed by atoms with Gasteiger partial charge in [0.05, 0.1) is 6.54 Å². The lowest BCUT2D eigenvalue weighted by Crippen LogP contribution is -2.40. The first-order chi connectivity index (χ1) is 16.1. The van der Waals surface area contributed by atoms with Gasteiger partial charge in [-0.15, -0.1) is 0 Å². The largest absolute Gasteiger partial charge is 0.355 e. The third kappa shape index (κ3) is 6.65. The zero-order valence-corrected chi connectivity index (χ0v) is 19.6. The molecule has 1 saturated heterocycles. The monoisotopic (exact) mass is 468 g/mol. The van der Waals surface area contributed by atoms with Crippen LogP contribution in [0.2, 0.25) is 0 Å². The van der Waals surface area contributed by atoms with Crippen molar-refractivity contribution in [1.29, 1.82) is 0 Å². The Kier molecular flexibility index (Phi) is 8.12. The van der Waals surface area contributed by atoms with Gasteiger partial charge in [-0.3, -0.25) is 9.69 Å². The van der Waals surface area contributed by atoms with Gasteiger partial charge in [0.25, 0.3) is 0 Å². The number of likely N-dealkylation sites (tertiary alicyclic amines) is 1. The van der Waals surface area contributed by atoms with E-state index in [0.29, 0.717) is 24.8 Å². The van der Waals surface area contributed by atoms with Crippen LogP contribution >= 0.6 is 11.8 Å². The van der Waals surface area contributed by atoms with Crippen molar-refractivity contribution >= 4 is 17.7 Å². The number of amides is 1. The number of piperidine rings is 1. The molecule has 8 heteroatoms. The van der Waals surface area contributed by atoms with Gasteiger partial charge in [-0.25, -0.2) is 4.39 Å². The normalized spacial score (nSPS) is 15.0. The van der Waals surface area contributed by atoms with E-state index in [1.54, 1.807) is 23.9 Å². The number of aryl methyl sites for hydroxylation is 1. The van der Waals surface area contributed by atoms with Gasteiger partial charge in [0.15, 0.2) is 0 Å². The van der Waals surface area contributed by atoms with Gasteiger partial charge in [0.2, 0.25) is 17.6 Å². The number of carbonyl (C=O) groups excluding carboxylic acids is 1. The summed E-state index contributed by atoms with van der Waals surface area (Å²) in [7, 11) is 0. The molecule has 174 valence electrons. The number of hydrogen-bond donors (Lipinski definition) is 1. The van der Waals surface area contributed by atoms with Crippen LogP contribution in [0.3, 0.4) is 0 Å². The van der Waals surface area contributed by atoms with Gasteiger partial charge >= 0.3 is 0 Å². The molecule has 6 nitrogen and oxygen atoms in total. The quantitative estimate of drug-likeness (QED) is 0.468. The molecule has 1 aromatic heterocycles. The molecule has 0 atom stereocenters. The molecule has 0 unspecified atom stereocenters. The van der Waals surface area contributed by atoms with Crippen LogP contribution in [-0.2, 0) is 17.1 Å². The fourth-order valence-corrected chi connectivity index (χ4v) is 4.78. The van der Waals surface area contributed by atoms with Crippen LogP contribution < -0.4 is 5.32 Å². The number of aromatic nitrogens is 2. The number of nitrogens with one attached hydrogen (secondary N) is 1. The Morgan fingerprint density at radius 3 is 2.70 bits per heavy atom. The second-order valence-corrected chi connectivity index (χ2v) is 9.45. The summed E-state index contributed by atoms with van der Waals surface area (Å²) in [6.45, 7) is 4.95. The predicted molar refractivity (Wildman–Crippen MR) is 128 cm³/mol. The van der Waals surface area contributed by atoms with Crippen molar-refractivity contribution in [3.8, 4) is 11.4 Å². The molecular weight excluding hydrogens is 439 g/mol. The molecule has 0 spiro atoms. The van der Waals surface area contributed by atoms with E-state index >= 15 is 0 Å². The van der Waals surface area contributed by atoms with E-state index in [4.69, 9.17) is 4.52 Å². The molecule has 1 aliphatic rings. The van der Waals surface area contributed by atoms with Gasteiger partial charge in [-0.1, -0.05) is 41.6 Å². The molecule has 0 bridgehead atoms. The first-order valence-electron chi connectivity index (χ1n) is 11.3. The van der Waals surface area contributed by atoms with Gasteiger partial charge in [0.1, 0.15) is 5.82 Å². The van der Waals surface area contributed by atoms with E-state index in [1.165, 1.54) is 12.1 Å². The number of nitrogens with zero attached hydrogens (tertiary/aromatic N) is 3. The van der Waals surface area contributed by atoms with Crippen molar-refractivity contribution in [1.82, 2.24) is 20.4 Å². The highest BCUT2D eigenvalue weighted by Crippen LogP contribution is 2.22. The van der Waals surface area contributed by atoms with E-state index < -0.39 is 0 Å². The summed E-state index contributed by atoms with van der Waals surface area (Å²) in [5, 5.41) is 7.19. The standard InChI is InChI=1S/C25H29FN4O2S/c1-18-4-2-3-5-22(18)24-28-23(32-29-24)16-30-13-10-20(11-14-30)25(31)27-12-15-33-17-19-6-8-21(26)9-7-19/h2-9,20H,10-17H2,1H3,(H,27,31). The lowest BCUT2D eigenvalue weighted by molar-refractivity contribution is -0.126. The Balaban J connectivity index is 1.14. The molecule has 3 aromatic rings. The summed E-state index contributed by atoms with van der Waals surface area (Å²) in [5.74, 6) is 2.85. The van der Waals surface area contributed by atoms with Crippen LogP contribution in [-0.4, -0.2) is 46.3 Å². The molecule has 1 aliphatic heterocycles. The fourth-order valence-electron chi connectivity index (χ4n) is 3.96. The minimum Gasteiger partial charge on any atom is -0.355 e. The van der Waals surface area contributed by atoms with Crippen molar-refractivity contribution in [3.05, 3.63) is 71.4 Å². The van der Waals surface area contributed by atoms with Crippen LogP contribution in [0.5, 0.6) is 0 Å². The van der Waals surface area contributed by atoms with E-state index in [1.807, 2.05) is 31.2 Å². The summed E-state index contributed by atoms with van der Waals surface area (Å²) < 4.78 is 18.4. The smallest absolute Gasteiger partial charge is 0.241 e. The first kappa shape index (κ1) is 23.4. The summed E-state index contributed by atoms with van der Waals surface area (Å²) in [6.07, 6.45) is 1.65. The van der Waals surface area contributed by atoms with Crippen LogP contribution in [0.4, 0.5) is 4.39 Å². The summed E-state index contributed by atoms with van der Waals surface area (Å²) in [5.41, 5.74) is 3.19.